The summed E-state index contributed by atoms with van der Waals surface area (Å²) >= 11 is 1.25. The van der Waals surface area contributed by atoms with Gasteiger partial charge in [-0.2, -0.15) is 5.10 Å². The summed E-state index contributed by atoms with van der Waals surface area (Å²) in [5, 5.41) is 6.14. The van der Waals surface area contributed by atoms with Gasteiger partial charge in [0.2, 0.25) is 0 Å². The standard InChI is InChI=1S/C14H12N4O3S2/c1-18-8-10(7-15-18)14-16-12(9-22-14)13(19)17-23(20,21)11-5-3-2-4-6-11/h2-9H,1H3,(H,17,19). The highest BCUT2D eigenvalue weighted by molar-refractivity contribution is 7.90. The van der Waals surface area contributed by atoms with Crippen molar-refractivity contribution in [1.29, 1.82) is 0 Å². The van der Waals surface area contributed by atoms with Crippen LogP contribution in [-0.2, 0) is 17.1 Å². The predicted molar refractivity (Wildman–Crippen MR) is 85.4 cm³/mol. The fourth-order valence-electron chi connectivity index (χ4n) is 1.88. The highest BCUT2D eigenvalue weighted by atomic mass is 32.2. The van der Waals surface area contributed by atoms with Gasteiger partial charge in [-0.1, -0.05) is 18.2 Å². The van der Waals surface area contributed by atoms with Crippen molar-refractivity contribution >= 4 is 27.3 Å². The lowest BCUT2D eigenvalue weighted by atomic mass is 10.4. The minimum atomic E-state index is -3.91. The minimum absolute atomic E-state index is 0.0241. The Balaban J connectivity index is 1.81. The Bertz CT molecular complexity index is 945. The van der Waals surface area contributed by atoms with Crippen LogP contribution in [0.4, 0.5) is 0 Å². The monoisotopic (exact) mass is 348 g/mol. The molecule has 1 N–H and O–H groups in total. The predicted octanol–water partition coefficient (Wildman–Crippen LogP) is 1.66. The van der Waals surface area contributed by atoms with Gasteiger partial charge in [-0.25, -0.2) is 18.1 Å². The number of hydrogen-bond donors (Lipinski definition) is 1. The van der Waals surface area contributed by atoms with Crippen LogP contribution in [-0.4, -0.2) is 29.1 Å². The summed E-state index contributed by atoms with van der Waals surface area (Å²) in [5.74, 6) is -0.764. The molecule has 1 aromatic carbocycles. The van der Waals surface area contributed by atoms with Gasteiger partial charge in [0, 0.05) is 24.2 Å². The number of carbonyl (C=O) groups is 1. The molecule has 0 spiro atoms. The first-order chi connectivity index (χ1) is 11.0. The summed E-state index contributed by atoms with van der Waals surface area (Å²) in [6.45, 7) is 0. The third kappa shape index (κ3) is 3.30. The van der Waals surface area contributed by atoms with Gasteiger partial charge in [0.15, 0.2) is 0 Å². The van der Waals surface area contributed by atoms with Gasteiger partial charge in [0.1, 0.15) is 10.7 Å². The molecule has 0 aliphatic rings. The maximum atomic E-state index is 12.1. The van der Waals surface area contributed by atoms with Gasteiger partial charge in [0.05, 0.1) is 11.1 Å². The van der Waals surface area contributed by atoms with Crippen LogP contribution in [0.3, 0.4) is 0 Å². The van der Waals surface area contributed by atoms with E-state index in [-0.39, 0.29) is 10.6 Å². The SMILES string of the molecule is Cn1cc(-c2nc(C(=O)NS(=O)(=O)c3ccccc3)cs2)cn1. The molecule has 0 bridgehead atoms. The zero-order chi connectivity index (χ0) is 16.4. The molecule has 0 unspecified atom stereocenters. The van der Waals surface area contributed by atoms with Crippen molar-refractivity contribution in [3.05, 3.63) is 53.8 Å². The maximum absolute atomic E-state index is 12.1. The molecule has 0 fully saturated rings. The van der Waals surface area contributed by atoms with E-state index >= 15 is 0 Å². The summed E-state index contributed by atoms with van der Waals surface area (Å²) in [7, 11) is -2.14. The number of aromatic nitrogens is 3. The average Bonchev–Trinajstić information content (AvgIpc) is 3.16. The van der Waals surface area contributed by atoms with Gasteiger partial charge in [-0.05, 0) is 12.1 Å². The number of benzene rings is 1. The second-order valence-electron chi connectivity index (χ2n) is 4.69. The maximum Gasteiger partial charge on any atom is 0.284 e. The zero-order valence-corrected chi connectivity index (χ0v) is 13.6. The molecule has 3 rings (SSSR count). The molecule has 0 saturated carbocycles. The second kappa shape index (κ2) is 5.94. The molecule has 3 aromatic rings. The van der Waals surface area contributed by atoms with E-state index in [4.69, 9.17) is 0 Å². The van der Waals surface area contributed by atoms with Crippen molar-refractivity contribution in [1.82, 2.24) is 19.5 Å². The Hall–Kier alpha value is -2.52. The topological polar surface area (TPSA) is 94.0 Å². The van der Waals surface area contributed by atoms with Crippen LogP contribution in [0.25, 0.3) is 10.6 Å². The van der Waals surface area contributed by atoms with E-state index in [1.54, 1.807) is 42.3 Å². The fourth-order valence-corrected chi connectivity index (χ4v) is 3.63. The van der Waals surface area contributed by atoms with E-state index in [0.29, 0.717) is 5.01 Å². The van der Waals surface area contributed by atoms with E-state index in [1.807, 2.05) is 4.72 Å². The lowest BCUT2D eigenvalue weighted by molar-refractivity contribution is 0.0977. The van der Waals surface area contributed by atoms with E-state index in [2.05, 4.69) is 10.1 Å². The highest BCUT2D eigenvalue weighted by Crippen LogP contribution is 2.23. The number of nitrogens with one attached hydrogen (secondary N) is 1. The first-order valence-electron chi connectivity index (χ1n) is 6.52. The van der Waals surface area contributed by atoms with E-state index in [9.17, 15) is 13.2 Å². The van der Waals surface area contributed by atoms with Gasteiger partial charge in [-0.3, -0.25) is 9.48 Å². The van der Waals surface area contributed by atoms with Crippen LogP contribution in [0, 0.1) is 0 Å². The largest absolute Gasteiger partial charge is 0.284 e. The van der Waals surface area contributed by atoms with Crippen LogP contribution in [0.15, 0.2) is 53.0 Å². The lowest BCUT2D eigenvalue weighted by Gasteiger charge is -2.04. The van der Waals surface area contributed by atoms with Gasteiger partial charge >= 0.3 is 0 Å². The van der Waals surface area contributed by atoms with Crippen molar-refractivity contribution in [3.63, 3.8) is 0 Å². The van der Waals surface area contributed by atoms with Gasteiger partial charge < -0.3 is 0 Å². The molecule has 0 saturated heterocycles. The number of sulfonamides is 1. The molecule has 0 aliphatic carbocycles. The van der Waals surface area contributed by atoms with Crippen LogP contribution < -0.4 is 4.72 Å². The molecule has 23 heavy (non-hydrogen) atoms. The molecule has 7 nitrogen and oxygen atoms in total. The molecule has 9 heteroatoms. The van der Waals surface area contributed by atoms with Crippen molar-refractivity contribution in [3.8, 4) is 10.6 Å². The molecular formula is C14H12N4O3S2. The van der Waals surface area contributed by atoms with Crippen molar-refractivity contribution in [2.75, 3.05) is 0 Å². The average molecular weight is 348 g/mol. The number of amides is 1. The Morgan fingerprint density at radius 3 is 2.65 bits per heavy atom. The smallest absolute Gasteiger partial charge is 0.275 e. The summed E-state index contributed by atoms with van der Waals surface area (Å²) in [6, 6.07) is 7.70. The zero-order valence-electron chi connectivity index (χ0n) is 12.0. The Labute approximate surface area is 136 Å². The summed E-state index contributed by atoms with van der Waals surface area (Å²) < 4.78 is 27.9. The highest BCUT2D eigenvalue weighted by Gasteiger charge is 2.20. The van der Waals surface area contributed by atoms with E-state index < -0.39 is 15.9 Å². The fraction of sp³-hybridized carbons (Fsp3) is 0.0714. The molecule has 0 atom stereocenters. The molecular weight excluding hydrogens is 336 g/mol. The summed E-state index contributed by atoms with van der Waals surface area (Å²) in [6.07, 6.45) is 3.39. The van der Waals surface area contributed by atoms with Crippen molar-refractivity contribution in [2.45, 2.75) is 4.90 Å². The minimum Gasteiger partial charge on any atom is -0.275 e. The third-order valence-electron chi connectivity index (χ3n) is 2.97. The Morgan fingerprint density at radius 1 is 1.26 bits per heavy atom. The Kier molecular flexibility index (Phi) is 3.97. The number of aryl methyl sites for hydroxylation is 1. The molecule has 0 aliphatic heterocycles. The molecule has 1 amide bonds. The molecule has 2 heterocycles. The molecule has 118 valence electrons. The van der Waals surface area contributed by atoms with Crippen molar-refractivity contribution < 1.29 is 13.2 Å². The number of thiazole rings is 1. The number of carbonyl (C=O) groups excluding carboxylic acids is 1. The van der Waals surface area contributed by atoms with Crippen LogP contribution in [0.1, 0.15) is 10.5 Å². The Morgan fingerprint density at radius 2 is 2.00 bits per heavy atom. The van der Waals surface area contributed by atoms with E-state index in [1.165, 1.54) is 28.8 Å². The van der Waals surface area contributed by atoms with Crippen LogP contribution in [0.2, 0.25) is 0 Å². The van der Waals surface area contributed by atoms with Crippen LogP contribution >= 0.6 is 11.3 Å². The van der Waals surface area contributed by atoms with Crippen molar-refractivity contribution in [2.24, 2.45) is 7.05 Å². The quantitative estimate of drug-likeness (QED) is 0.774. The van der Waals surface area contributed by atoms with Gasteiger partial charge in [0.25, 0.3) is 15.9 Å². The third-order valence-corrected chi connectivity index (χ3v) is 5.21. The molecule has 0 radical (unpaired) electrons. The number of hydrogen-bond acceptors (Lipinski definition) is 6. The second-order valence-corrected chi connectivity index (χ2v) is 7.23. The first kappa shape index (κ1) is 15.4. The number of nitrogens with zero attached hydrogens (tertiary/aromatic N) is 3. The normalized spacial score (nSPS) is 11.3. The lowest BCUT2D eigenvalue weighted by Crippen LogP contribution is -2.30. The first-order valence-corrected chi connectivity index (χ1v) is 8.89. The molecule has 2 aromatic heterocycles. The number of rotatable bonds is 4. The summed E-state index contributed by atoms with van der Waals surface area (Å²) in [5.41, 5.74) is 0.816. The summed E-state index contributed by atoms with van der Waals surface area (Å²) in [4.78, 5) is 16.3. The van der Waals surface area contributed by atoms with Crippen LogP contribution in [0.5, 0.6) is 0 Å². The van der Waals surface area contributed by atoms with Gasteiger partial charge in [-0.15, -0.1) is 11.3 Å². The van der Waals surface area contributed by atoms with E-state index in [0.717, 1.165) is 5.56 Å².